The third kappa shape index (κ3) is 3.41. The zero-order valence-corrected chi connectivity index (χ0v) is 16.3. The van der Waals surface area contributed by atoms with Crippen LogP contribution in [0.1, 0.15) is 16.8 Å². The second-order valence-corrected chi connectivity index (χ2v) is 7.52. The Morgan fingerprint density at radius 1 is 1.10 bits per heavy atom. The number of fused-ring (bicyclic) bond motifs is 2. The fourth-order valence-corrected chi connectivity index (χ4v) is 3.85. The third-order valence-electron chi connectivity index (χ3n) is 5.54. The Balaban J connectivity index is 1.41. The molecule has 7 nitrogen and oxygen atoms in total. The van der Waals surface area contributed by atoms with Gasteiger partial charge in [0.05, 0.1) is 28.5 Å². The van der Waals surface area contributed by atoms with Crippen LogP contribution in [0.5, 0.6) is 5.88 Å². The number of carbonyl (C=O) groups is 1. The summed E-state index contributed by atoms with van der Waals surface area (Å²) < 4.78 is 34.8. The van der Waals surface area contributed by atoms with Gasteiger partial charge in [-0.2, -0.15) is 0 Å². The Hall–Kier alpha value is -3.75. The molecule has 5 rings (SSSR count). The first-order valence-corrected chi connectivity index (χ1v) is 9.81. The van der Waals surface area contributed by atoms with Crippen molar-refractivity contribution in [1.29, 1.82) is 0 Å². The van der Waals surface area contributed by atoms with Crippen molar-refractivity contribution in [3.8, 4) is 5.88 Å². The van der Waals surface area contributed by atoms with Gasteiger partial charge in [0.1, 0.15) is 0 Å². The Morgan fingerprint density at radius 2 is 1.94 bits per heavy atom. The maximum atomic E-state index is 14.6. The number of piperidine rings is 1. The molecule has 2 aromatic carbocycles. The average molecular weight is 424 g/mol. The highest BCUT2D eigenvalue weighted by Gasteiger charge is 2.47. The molecule has 1 atom stereocenters. The zero-order valence-electron chi connectivity index (χ0n) is 16.3. The summed E-state index contributed by atoms with van der Waals surface area (Å²) in [6.45, 7) is -0.423. The third-order valence-corrected chi connectivity index (χ3v) is 5.54. The fraction of sp³-hybridized carbons (Fsp3) is 0.227. The molecule has 1 amide bonds. The van der Waals surface area contributed by atoms with Crippen LogP contribution in [-0.4, -0.2) is 51.1 Å². The summed E-state index contributed by atoms with van der Waals surface area (Å²) in [5, 5.41) is 6.33. The number of halogens is 2. The number of amides is 1. The van der Waals surface area contributed by atoms with E-state index in [1.807, 2.05) is 12.1 Å². The first kappa shape index (κ1) is 19.2. The van der Waals surface area contributed by atoms with Crippen molar-refractivity contribution < 1.29 is 18.3 Å². The number of benzene rings is 2. The molecule has 0 radical (unpaired) electrons. The first-order chi connectivity index (χ1) is 14.9. The van der Waals surface area contributed by atoms with Crippen molar-refractivity contribution in [2.24, 2.45) is 0 Å². The second-order valence-electron chi connectivity index (χ2n) is 7.52. The molecule has 2 N–H and O–H groups in total. The number of para-hydroxylation sites is 2. The number of hydrogen-bond acceptors (Lipinski definition) is 4. The van der Waals surface area contributed by atoms with Crippen LogP contribution >= 0.6 is 0 Å². The molecule has 0 spiro atoms. The van der Waals surface area contributed by atoms with Crippen LogP contribution in [0.15, 0.2) is 59.4 Å². The van der Waals surface area contributed by atoms with Gasteiger partial charge in [-0.15, -0.1) is 0 Å². The Labute approximate surface area is 174 Å². The Kier molecular flexibility index (Phi) is 4.46. The largest absolute Gasteiger partial charge is 0.466 e. The normalized spacial score (nSPS) is 18.4. The number of nitrogens with one attached hydrogen (secondary N) is 2. The summed E-state index contributed by atoms with van der Waals surface area (Å²) in [7, 11) is 0. The van der Waals surface area contributed by atoms with Gasteiger partial charge >= 0.3 is 0 Å². The smallest absolute Gasteiger partial charge is 0.287 e. The van der Waals surface area contributed by atoms with Gasteiger partial charge in [0.25, 0.3) is 17.4 Å². The van der Waals surface area contributed by atoms with E-state index in [0.717, 1.165) is 5.39 Å². The summed E-state index contributed by atoms with van der Waals surface area (Å²) in [5.74, 6) is -3.48. The van der Waals surface area contributed by atoms with E-state index in [4.69, 9.17) is 4.74 Å². The second kappa shape index (κ2) is 7.19. The van der Waals surface area contributed by atoms with Gasteiger partial charge in [-0.1, -0.05) is 24.3 Å². The number of aromatic amines is 2. The van der Waals surface area contributed by atoms with Crippen molar-refractivity contribution in [1.82, 2.24) is 20.1 Å². The van der Waals surface area contributed by atoms with Gasteiger partial charge in [-0.3, -0.25) is 19.8 Å². The summed E-state index contributed by atoms with van der Waals surface area (Å²) in [6, 6.07) is 15.3. The van der Waals surface area contributed by atoms with Crippen LogP contribution in [0.25, 0.3) is 21.8 Å². The van der Waals surface area contributed by atoms with Crippen molar-refractivity contribution >= 4 is 27.7 Å². The van der Waals surface area contributed by atoms with E-state index in [-0.39, 0.29) is 30.1 Å². The van der Waals surface area contributed by atoms with Gasteiger partial charge in [0, 0.05) is 24.4 Å². The number of pyridine rings is 1. The van der Waals surface area contributed by atoms with Crippen LogP contribution in [0.2, 0.25) is 0 Å². The molecule has 0 aliphatic carbocycles. The van der Waals surface area contributed by atoms with Crippen molar-refractivity contribution in [2.45, 2.75) is 18.4 Å². The monoisotopic (exact) mass is 424 g/mol. The van der Waals surface area contributed by atoms with E-state index in [9.17, 15) is 18.4 Å². The number of aromatic nitrogens is 3. The molecule has 2 aromatic heterocycles. The van der Waals surface area contributed by atoms with E-state index in [1.165, 1.54) is 4.90 Å². The molecule has 1 aliphatic rings. The predicted octanol–water partition coefficient (Wildman–Crippen LogP) is 3.33. The van der Waals surface area contributed by atoms with E-state index in [1.54, 1.807) is 42.5 Å². The summed E-state index contributed by atoms with van der Waals surface area (Å²) in [5.41, 5.74) is 0.876. The SMILES string of the molecule is O=C(c1cccc2c(=O)[nH][nH]c12)N1CCC(F)(F)C(Oc2ccc3ccccc3n2)C1. The van der Waals surface area contributed by atoms with E-state index in [0.29, 0.717) is 16.4 Å². The Morgan fingerprint density at radius 3 is 2.81 bits per heavy atom. The van der Waals surface area contributed by atoms with Gasteiger partial charge in [0.2, 0.25) is 5.88 Å². The molecule has 1 unspecified atom stereocenters. The number of likely N-dealkylation sites (tertiary alicyclic amines) is 1. The lowest BCUT2D eigenvalue weighted by Gasteiger charge is -2.38. The lowest BCUT2D eigenvalue weighted by Crippen LogP contribution is -2.55. The maximum Gasteiger partial charge on any atom is 0.287 e. The van der Waals surface area contributed by atoms with Crippen LogP contribution < -0.4 is 10.3 Å². The molecule has 1 fully saturated rings. The van der Waals surface area contributed by atoms with Crippen LogP contribution in [0.3, 0.4) is 0 Å². The highest BCUT2D eigenvalue weighted by Crippen LogP contribution is 2.32. The Bertz CT molecular complexity index is 1350. The number of hydrogen-bond donors (Lipinski definition) is 2. The molecular formula is C22H18F2N4O3. The van der Waals surface area contributed by atoms with Crippen LogP contribution in [0, 0.1) is 0 Å². The lowest BCUT2D eigenvalue weighted by atomic mass is 10.0. The van der Waals surface area contributed by atoms with Crippen molar-refractivity contribution in [3.63, 3.8) is 0 Å². The van der Waals surface area contributed by atoms with E-state index in [2.05, 4.69) is 15.2 Å². The summed E-state index contributed by atoms with van der Waals surface area (Å²) in [4.78, 5) is 30.5. The predicted molar refractivity (Wildman–Crippen MR) is 111 cm³/mol. The maximum absolute atomic E-state index is 14.6. The quantitative estimate of drug-likeness (QED) is 0.528. The van der Waals surface area contributed by atoms with Gasteiger partial charge in [-0.05, 0) is 24.3 Å². The topological polar surface area (TPSA) is 91.1 Å². The minimum atomic E-state index is -3.11. The average Bonchev–Trinajstić information content (AvgIpc) is 3.15. The fourth-order valence-electron chi connectivity index (χ4n) is 3.85. The molecule has 0 saturated carbocycles. The van der Waals surface area contributed by atoms with Crippen LogP contribution in [-0.2, 0) is 0 Å². The minimum Gasteiger partial charge on any atom is -0.466 e. The zero-order chi connectivity index (χ0) is 21.6. The summed E-state index contributed by atoms with van der Waals surface area (Å²) in [6.07, 6.45) is -2.07. The molecule has 31 heavy (non-hydrogen) atoms. The van der Waals surface area contributed by atoms with E-state index < -0.39 is 24.4 Å². The standard InChI is InChI=1S/C22H18F2N4O3/c23-22(24)10-11-28(21(30)15-6-3-5-14-19(15)26-27-20(14)29)12-17(22)31-18-9-8-13-4-1-2-7-16(13)25-18/h1-9,17H,10-12H2,(H2,26,27,29). The molecule has 158 valence electrons. The lowest BCUT2D eigenvalue weighted by molar-refractivity contribution is -0.131. The van der Waals surface area contributed by atoms with Gasteiger partial charge in [-0.25, -0.2) is 13.8 Å². The van der Waals surface area contributed by atoms with E-state index >= 15 is 0 Å². The highest BCUT2D eigenvalue weighted by atomic mass is 19.3. The molecule has 1 aliphatic heterocycles. The summed E-state index contributed by atoms with van der Waals surface area (Å²) >= 11 is 0. The molecule has 0 bridgehead atoms. The molecule has 4 aromatic rings. The molecule has 9 heteroatoms. The molecular weight excluding hydrogens is 406 g/mol. The first-order valence-electron chi connectivity index (χ1n) is 9.81. The molecule has 3 heterocycles. The van der Waals surface area contributed by atoms with Gasteiger partial charge < -0.3 is 9.64 Å². The number of rotatable bonds is 3. The highest BCUT2D eigenvalue weighted by molar-refractivity contribution is 6.05. The molecule has 1 saturated heterocycles. The van der Waals surface area contributed by atoms with Crippen molar-refractivity contribution in [2.75, 3.05) is 13.1 Å². The van der Waals surface area contributed by atoms with Gasteiger partial charge in [0.15, 0.2) is 6.10 Å². The number of ether oxygens (including phenoxy) is 1. The minimum absolute atomic E-state index is 0.0785. The van der Waals surface area contributed by atoms with Crippen LogP contribution in [0.4, 0.5) is 8.78 Å². The number of alkyl halides is 2. The number of carbonyl (C=O) groups excluding carboxylic acids is 1. The van der Waals surface area contributed by atoms with Crippen molar-refractivity contribution in [3.05, 3.63) is 70.5 Å². The number of H-pyrrole nitrogens is 2. The number of nitrogens with zero attached hydrogens (tertiary/aromatic N) is 2.